The molecule has 0 aliphatic carbocycles. The molecule has 0 radical (unpaired) electrons. The van der Waals surface area contributed by atoms with E-state index in [2.05, 4.69) is 10.6 Å². The van der Waals surface area contributed by atoms with Gasteiger partial charge in [-0.2, -0.15) is 0 Å². The summed E-state index contributed by atoms with van der Waals surface area (Å²) in [6.07, 6.45) is 1.47. The molecule has 0 unspecified atom stereocenters. The highest BCUT2D eigenvalue weighted by atomic mass is 16.6. The molecule has 0 saturated heterocycles. The van der Waals surface area contributed by atoms with Crippen molar-refractivity contribution < 1.29 is 28.4 Å². The van der Waals surface area contributed by atoms with Gasteiger partial charge >= 0.3 is 5.97 Å². The Hall–Kier alpha value is -3.40. The lowest BCUT2D eigenvalue weighted by Crippen LogP contribution is -2.28. The van der Waals surface area contributed by atoms with Gasteiger partial charge in [0.25, 0.3) is 11.6 Å². The summed E-state index contributed by atoms with van der Waals surface area (Å²) < 4.78 is 15.0. The van der Waals surface area contributed by atoms with Crippen molar-refractivity contribution in [2.24, 2.45) is 0 Å². The third kappa shape index (κ3) is 6.12. The third-order valence-corrected chi connectivity index (χ3v) is 3.43. The number of hydrogen-bond acceptors (Lipinski definition) is 8. The summed E-state index contributed by atoms with van der Waals surface area (Å²) in [6.45, 7) is 0.392. The standard InChI is InChI=1S/C17H19N3O7/c1-25-8-6-18-15-5-4-12(20(23)24)9-14(15)17(22)27-11-16(21)19-10-13-3-2-7-26-13/h2-5,7,9,18H,6,8,10-11H2,1H3,(H,19,21). The second-order valence-electron chi connectivity index (χ2n) is 5.34. The van der Waals surface area contributed by atoms with Gasteiger partial charge in [-0.25, -0.2) is 4.79 Å². The summed E-state index contributed by atoms with van der Waals surface area (Å²) >= 11 is 0. The molecular weight excluding hydrogens is 358 g/mol. The first-order valence-corrected chi connectivity index (χ1v) is 7.98. The van der Waals surface area contributed by atoms with Crippen molar-refractivity contribution in [3.8, 4) is 0 Å². The first-order chi connectivity index (χ1) is 13.0. The Bertz CT molecular complexity index is 790. The Morgan fingerprint density at radius 1 is 1.30 bits per heavy atom. The van der Waals surface area contributed by atoms with E-state index in [9.17, 15) is 19.7 Å². The number of non-ortho nitro benzene ring substituents is 1. The minimum Gasteiger partial charge on any atom is -0.467 e. The van der Waals surface area contributed by atoms with E-state index in [1.165, 1.54) is 25.5 Å². The molecule has 0 bridgehead atoms. The Morgan fingerprint density at radius 3 is 2.78 bits per heavy atom. The van der Waals surface area contributed by atoms with E-state index in [4.69, 9.17) is 13.9 Å². The lowest BCUT2D eigenvalue weighted by Gasteiger charge is -2.11. The number of benzene rings is 1. The number of carbonyl (C=O) groups excluding carboxylic acids is 2. The number of anilines is 1. The molecule has 144 valence electrons. The quantitative estimate of drug-likeness (QED) is 0.277. The van der Waals surface area contributed by atoms with Crippen LogP contribution in [0.25, 0.3) is 0 Å². The smallest absolute Gasteiger partial charge is 0.341 e. The van der Waals surface area contributed by atoms with Crippen LogP contribution in [-0.4, -0.2) is 43.7 Å². The number of nitrogens with zero attached hydrogens (tertiary/aromatic N) is 1. The molecule has 2 rings (SSSR count). The first-order valence-electron chi connectivity index (χ1n) is 7.98. The topological polar surface area (TPSA) is 133 Å². The zero-order valence-corrected chi connectivity index (χ0v) is 14.6. The van der Waals surface area contributed by atoms with Gasteiger partial charge in [0, 0.05) is 31.5 Å². The zero-order chi connectivity index (χ0) is 19.6. The van der Waals surface area contributed by atoms with Gasteiger partial charge in [0.1, 0.15) is 5.76 Å². The number of rotatable bonds is 10. The van der Waals surface area contributed by atoms with Crippen LogP contribution >= 0.6 is 0 Å². The maximum Gasteiger partial charge on any atom is 0.341 e. The lowest BCUT2D eigenvalue weighted by molar-refractivity contribution is -0.384. The van der Waals surface area contributed by atoms with Gasteiger partial charge in [-0.3, -0.25) is 14.9 Å². The van der Waals surface area contributed by atoms with Crippen LogP contribution < -0.4 is 10.6 Å². The highest BCUT2D eigenvalue weighted by Crippen LogP contribution is 2.23. The van der Waals surface area contributed by atoms with E-state index in [1.54, 1.807) is 12.1 Å². The molecular formula is C17H19N3O7. The predicted octanol–water partition coefficient (Wildman–Crippen LogP) is 1.72. The number of amides is 1. The molecule has 0 atom stereocenters. The summed E-state index contributed by atoms with van der Waals surface area (Å²) in [5.74, 6) is -0.830. The molecule has 1 amide bonds. The summed E-state index contributed by atoms with van der Waals surface area (Å²) in [6, 6.07) is 7.14. The highest BCUT2D eigenvalue weighted by Gasteiger charge is 2.19. The molecule has 0 fully saturated rings. The summed E-state index contributed by atoms with van der Waals surface area (Å²) in [7, 11) is 1.52. The molecule has 0 spiro atoms. The highest BCUT2D eigenvalue weighted by molar-refractivity contribution is 5.97. The summed E-state index contributed by atoms with van der Waals surface area (Å²) in [5.41, 5.74) is 0.0410. The fourth-order valence-electron chi connectivity index (χ4n) is 2.12. The maximum atomic E-state index is 12.3. The van der Waals surface area contributed by atoms with Crippen molar-refractivity contribution in [3.63, 3.8) is 0 Å². The number of methoxy groups -OCH3 is 1. The van der Waals surface area contributed by atoms with Gasteiger partial charge in [0.2, 0.25) is 0 Å². The van der Waals surface area contributed by atoms with E-state index < -0.39 is 23.4 Å². The maximum absolute atomic E-state index is 12.3. The molecule has 1 aromatic heterocycles. The zero-order valence-electron chi connectivity index (χ0n) is 14.6. The van der Waals surface area contributed by atoms with Crippen LogP contribution in [0.15, 0.2) is 41.0 Å². The first kappa shape index (κ1) is 19.9. The van der Waals surface area contributed by atoms with Crippen LogP contribution in [0.5, 0.6) is 0 Å². The Kier molecular flexibility index (Phi) is 7.32. The van der Waals surface area contributed by atoms with Crippen molar-refractivity contribution in [2.75, 3.05) is 32.2 Å². The van der Waals surface area contributed by atoms with Crippen molar-refractivity contribution >= 4 is 23.3 Å². The van der Waals surface area contributed by atoms with E-state index >= 15 is 0 Å². The van der Waals surface area contributed by atoms with Gasteiger partial charge in [-0.05, 0) is 18.2 Å². The fourth-order valence-corrected chi connectivity index (χ4v) is 2.12. The SMILES string of the molecule is COCCNc1ccc([N+](=O)[O-])cc1C(=O)OCC(=O)NCc1ccco1. The predicted molar refractivity (Wildman–Crippen MR) is 94.3 cm³/mol. The fraction of sp³-hybridized carbons (Fsp3) is 0.294. The molecule has 27 heavy (non-hydrogen) atoms. The monoisotopic (exact) mass is 377 g/mol. The van der Waals surface area contributed by atoms with E-state index in [0.717, 1.165) is 6.07 Å². The number of hydrogen-bond donors (Lipinski definition) is 2. The van der Waals surface area contributed by atoms with Crippen LogP contribution in [0.2, 0.25) is 0 Å². The number of nitro groups is 1. The molecule has 10 heteroatoms. The molecule has 1 heterocycles. The van der Waals surface area contributed by atoms with Crippen LogP contribution in [0.1, 0.15) is 16.1 Å². The molecule has 0 saturated carbocycles. The van der Waals surface area contributed by atoms with Crippen LogP contribution in [0.3, 0.4) is 0 Å². The van der Waals surface area contributed by atoms with Gasteiger partial charge in [0.05, 0.1) is 29.9 Å². The number of ether oxygens (including phenoxy) is 2. The van der Waals surface area contributed by atoms with E-state index in [-0.39, 0.29) is 17.8 Å². The van der Waals surface area contributed by atoms with E-state index in [1.807, 2.05) is 0 Å². The third-order valence-electron chi connectivity index (χ3n) is 3.43. The number of carbonyl (C=O) groups is 2. The van der Waals surface area contributed by atoms with Crippen molar-refractivity contribution in [1.82, 2.24) is 5.32 Å². The Morgan fingerprint density at radius 2 is 2.11 bits per heavy atom. The number of nitro benzene ring substituents is 1. The number of nitrogens with one attached hydrogen (secondary N) is 2. The van der Waals surface area contributed by atoms with Gasteiger partial charge in [-0.1, -0.05) is 0 Å². The largest absolute Gasteiger partial charge is 0.467 e. The summed E-state index contributed by atoms with van der Waals surface area (Å²) in [4.78, 5) is 34.4. The average molecular weight is 377 g/mol. The van der Waals surface area contributed by atoms with Crippen LogP contribution in [0.4, 0.5) is 11.4 Å². The van der Waals surface area contributed by atoms with E-state index in [0.29, 0.717) is 24.6 Å². The minimum absolute atomic E-state index is 0.0425. The Balaban J connectivity index is 1.98. The minimum atomic E-state index is -0.855. The van der Waals surface area contributed by atoms with Crippen LogP contribution in [0, 0.1) is 10.1 Å². The number of esters is 1. The average Bonchev–Trinajstić information content (AvgIpc) is 3.18. The van der Waals surface area contributed by atoms with Crippen molar-refractivity contribution in [3.05, 3.63) is 58.0 Å². The molecule has 1 aromatic carbocycles. The van der Waals surface area contributed by atoms with Crippen molar-refractivity contribution in [2.45, 2.75) is 6.54 Å². The molecule has 0 aliphatic rings. The molecule has 0 aliphatic heterocycles. The van der Waals surface area contributed by atoms with Crippen LogP contribution in [-0.2, 0) is 20.8 Å². The van der Waals surface area contributed by atoms with Gasteiger partial charge < -0.3 is 24.5 Å². The lowest BCUT2D eigenvalue weighted by atomic mass is 10.1. The molecule has 10 nitrogen and oxygen atoms in total. The van der Waals surface area contributed by atoms with Crippen molar-refractivity contribution in [1.29, 1.82) is 0 Å². The number of furan rings is 1. The van der Waals surface area contributed by atoms with Gasteiger partial charge in [0.15, 0.2) is 6.61 Å². The Labute approximate surface area is 154 Å². The molecule has 2 N–H and O–H groups in total. The normalized spacial score (nSPS) is 10.3. The second-order valence-corrected chi connectivity index (χ2v) is 5.34. The second kappa shape index (κ2) is 9.92. The molecule has 2 aromatic rings. The van der Waals surface area contributed by atoms with Gasteiger partial charge in [-0.15, -0.1) is 0 Å². The summed E-state index contributed by atoms with van der Waals surface area (Å²) in [5, 5.41) is 16.4.